The summed E-state index contributed by atoms with van der Waals surface area (Å²) in [5.74, 6) is 1.27. The Morgan fingerprint density at radius 3 is 2.61 bits per heavy atom. The summed E-state index contributed by atoms with van der Waals surface area (Å²) >= 11 is 6.27. The van der Waals surface area contributed by atoms with E-state index >= 15 is 0 Å². The molecule has 3 heterocycles. The van der Waals surface area contributed by atoms with Crippen LogP contribution in [0, 0.1) is 6.92 Å². The molecule has 164 valence electrons. The average Bonchev–Trinajstić information content (AvgIpc) is 3.23. The second kappa shape index (κ2) is 8.40. The van der Waals surface area contributed by atoms with Crippen LogP contribution in [0.1, 0.15) is 5.69 Å². The largest absolute Gasteiger partial charge is 0.497 e. The van der Waals surface area contributed by atoms with Gasteiger partial charge in [-0.05, 0) is 43.3 Å². The topological polar surface area (TPSA) is 97.2 Å². The Morgan fingerprint density at radius 1 is 1.03 bits per heavy atom. The molecule has 0 atom stereocenters. The van der Waals surface area contributed by atoms with Crippen LogP contribution in [-0.2, 0) is 0 Å². The van der Waals surface area contributed by atoms with Crippen molar-refractivity contribution in [1.29, 1.82) is 0 Å². The molecular weight excluding hydrogens is 440 g/mol. The number of imidazole rings is 1. The third-order valence-electron chi connectivity index (χ3n) is 5.07. The molecule has 8 nitrogen and oxygen atoms in total. The number of nitrogens with zero attached hydrogens (tertiary/aromatic N) is 4. The van der Waals surface area contributed by atoms with Gasteiger partial charge in [0.1, 0.15) is 11.6 Å². The van der Waals surface area contributed by atoms with Crippen LogP contribution in [-0.4, -0.2) is 31.7 Å². The van der Waals surface area contributed by atoms with Gasteiger partial charge in [0.2, 0.25) is 0 Å². The molecule has 0 aliphatic heterocycles. The minimum absolute atomic E-state index is 0.181. The summed E-state index contributed by atoms with van der Waals surface area (Å²) in [5.41, 5.74) is 5.10. The number of hydrogen-bond acceptors (Lipinski definition) is 6. The molecule has 5 aromatic rings. The molecule has 0 aliphatic rings. The third-order valence-corrected chi connectivity index (χ3v) is 5.25. The van der Waals surface area contributed by atoms with Gasteiger partial charge in [-0.2, -0.15) is 5.10 Å². The lowest BCUT2D eigenvalue weighted by Crippen LogP contribution is -2.08. The molecule has 0 radical (unpaired) electrons. The van der Waals surface area contributed by atoms with Crippen molar-refractivity contribution in [2.45, 2.75) is 6.92 Å². The van der Waals surface area contributed by atoms with E-state index < -0.39 is 0 Å². The van der Waals surface area contributed by atoms with Gasteiger partial charge in [0.05, 0.1) is 24.7 Å². The number of ether oxygens (including phenoxy) is 1. The first-order chi connectivity index (χ1) is 16.0. The van der Waals surface area contributed by atoms with Crippen LogP contribution in [0.5, 0.6) is 5.75 Å². The Labute approximate surface area is 193 Å². The standard InChI is InChI=1S/C24H19ClN6O2/c1-14-10-22(32)29-23(26-14)15-6-8-17(9-7-15)27-19-12-21(25)30-31-13-20(28-24(19)31)16-4-3-5-18(11-16)33-2/h3-13,27H,1-2H3,(H,26,29,32). The summed E-state index contributed by atoms with van der Waals surface area (Å²) < 4.78 is 6.97. The van der Waals surface area contributed by atoms with Crippen LogP contribution in [0.4, 0.5) is 11.4 Å². The Hall–Kier alpha value is -4.17. The molecular formula is C24H19ClN6O2. The molecule has 0 unspecified atom stereocenters. The molecule has 9 heteroatoms. The van der Waals surface area contributed by atoms with E-state index in [-0.39, 0.29) is 5.56 Å². The first-order valence-electron chi connectivity index (χ1n) is 10.1. The van der Waals surface area contributed by atoms with Crippen LogP contribution in [0.25, 0.3) is 28.3 Å². The van der Waals surface area contributed by atoms with E-state index in [0.717, 1.165) is 28.3 Å². The molecule has 0 amide bonds. The highest BCUT2D eigenvalue weighted by molar-refractivity contribution is 6.29. The summed E-state index contributed by atoms with van der Waals surface area (Å²) in [6.07, 6.45) is 1.82. The lowest BCUT2D eigenvalue weighted by molar-refractivity contribution is 0.415. The number of rotatable bonds is 5. The number of nitrogens with one attached hydrogen (secondary N) is 2. The van der Waals surface area contributed by atoms with Crippen molar-refractivity contribution in [3.05, 3.63) is 88.1 Å². The Balaban J connectivity index is 1.48. The molecule has 2 N–H and O–H groups in total. The molecule has 0 bridgehead atoms. The molecule has 0 saturated heterocycles. The number of anilines is 2. The fraction of sp³-hybridized carbons (Fsp3) is 0.0833. The van der Waals surface area contributed by atoms with E-state index in [1.165, 1.54) is 6.07 Å². The quantitative estimate of drug-likeness (QED) is 0.390. The molecule has 2 aromatic carbocycles. The summed E-state index contributed by atoms with van der Waals surface area (Å²) in [4.78, 5) is 23.6. The van der Waals surface area contributed by atoms with Crippen LogP contribution in [0.3, 0.4) is 0 Å². The summed E-state index contributed by atoms with van der Waals surface area (Å²) in [7, 11) is 1.63. The number of aromatic amines is 1. The number of aryl methyl sites for hydroxylation is 1. The second-order valence-electron chi connectivity index (χ2n) is 7.44. The number of halogens is 1. The highest BCUT2D eigenvalue weighted by atomic mass is 35.5. The highest BCUT2D eigenvalue weighted by Gasteiger charge is 2.12. The van der Waals surface area contributed by atoms with Gasteiger partial charge in [0, 0.05) is 34.6 Å². The van der Waals surface area contributed by atoms with Gasteiger partial charge in [-0.1, -0.05) is 23.7 Å². The van der Waals surface area contributed by atoms with Gasteiger partial charge in [-0.15, -0.1) is 0 Å². The van der Waals surface area contributed by atoms with Crippen molar-refractivity contribution in [3.8, 4) is 28.4 Å². The molecule has 33 heavy (non-hydrogen) atoms. The fourth-order valence-corrected chi connectivity index (χ4v) is 3.73. The Bertz CT molecular complexity index is 1520. The summed E-state index contributed by atoms with van der Waals surface area (Å²) in [5, 5.41) is 8.03. The number of H-pyrrole nitrogens is 1. The molecule has 5 rings (SSSR count). The third kappa shape index (κ3) is 4.28. The summed E-state index contributed by atoms with van der Waals surface area (Å²) in [6.45, 7) is 1.79. The molecule has 0 aliphatic carbocycles. The number of fused-ring (bicyclic) bond motifs is 1. The molecule has 0 fully saturated rings. The number of methoxy groups -OCH3 is 1. The number of hydrogen-bond donors (Lipinski definition) is 2. The van der Waals surface area contributed by atoms with Gasteiger partial charge in [0.15, 0.2) is 10.8 Å². The maximum absolute atomic E-state index is 11.7. The second-order valence-corrected chi connectivity index (χ2v) is 7.83. The Kier molecular flexibility index (Phi) is 5.27. The SMILES string of the molecule is COc1cccc(-c2cn3nc(Cl)cc(Nc4ccc(-c5nc(C)cc(=O)[nH]5)cc4)c3n2)c1. The van der Waals surface area contributed by atoms with E-state index in [1.54, 1.807) is 24.6 Å². The normalized spacial score (nSPS) is 11.0. The van der Waals surface area contributed by atoms with Crippen molar-refractivity contribution in [3.63, 3.8) is 0 Å². The minimum Gasteiger partial charge on any atom is -0.497 e. The van der Waals surface area contributed by atoms with Gasteiger partial charge in [-0.3, -0.25) is 4.79 Å². The van der Waals surface area contributed by atoms with E-state index in [1.807, 2.05) is 54.7 Å². The minimum atomic E-state index is -0.181. The van der Waals surface area contributed by atoms with Gasteiger partial charge >= 0.3 is 0 Å². The van der Waals surface area contributed by atoms with Gasteiger partial charge in [-0.25, -0.2) is 14.5 Å². The zero-order chi connectivity index (χ0) is 22.9. The average molecular weight is 459 g/mol. The highest BCUT2D eigenvalue weighted by Crippen LogP contribution is 2.29. The van der Waals surface area contributed by atoms with Crippen LogP contribution < -0.4 is 15.6 Å². The van der Waals surface area contributed by atoms with Crippen molar-refractivity contribution in [2.24, 2.45) is 0 Å². The van der Waals surface area contributed by atoms with Crippen LogP contribution >= 0.6 is 11.6 Å². The lowest BCUT2D eigenvalue weighted by Gasteiger charge is -2.09. The molecule has 0 saturated carbocycles. The van der Waals surface area contributed by atoms with Crippen molar-refractivity contribution in [1.82, 2.24) is 24.6 Å². The van der Waals surface area contributed by atoms with E-state index in [9.17, 15) is 4.79 Å². The molecule has 0 spiro atoms. The monoisotopic (exact) mass is 458 g/mol. The smallest absolute Gasteiger partial charge is 0.251 e. The van der Waals surface area contributed by atoms with E-state index in [4.69, 9.17) is 21.3 Å². The van der Waals surface area contributed by atoms with Gasteiger partial charge < -0.3 is 15.0 Å². The first kappa shape index (κ1) is 20.7. The fourth-order valence-electron chi connectivity index (χ4n) is 3.54. The predicted molar refractivity (Wildman–Crippen MR) is 128 cm³/mol. The van der Waals surface area contributed by atoms with Crippen LogP contribution in [0.2, 0.25) is 5.15 Å². The lowest BCUT2D eigenvalue weighted by atomic mass is 10.1. The number of benzene rings is 2. The van der Waals surface area contributed by atoms with Gasteiger partial charge in [0.25, 0.3) is 5.56 Å². The molecule has 3 aromatic heterocycles. The van der Waals surface area contributed by atoms with Crippen molar-refractivity contribution < 1.29 is 4.74 Å². The Morgan fingerprint density at radius 2 is 1.85 bits per heavy atom. The van der Waals surface area contributed by atoms with Crippen molar-refractivity contribution >= 4 is 28.6 Å². The van der Waals surface area contributed by atoms with E-state index in [0.29, 0.717) is 28.0 Å². The predicted octanol–water partition coefficient (Wildman–Crippen LogP) is 4.86. The van der Waals surface area contributed by atoms with E-state index in [2.05, 4.69) is 20.4 Å². The van der Waals surface area contributed by atoms with Crippen molar-refractivity contribution in [2.75, 3.05) is 12.4 Å². The number of aromatic nitrogens is 5. The summed E-state index contributed by atoms with van der Waals surface area (Å²) in [6, 6.07) is 18.4. The van der Waals surface area contributed by atoms with Crippen LogP contribution in [0.15, 0.2) is 71.7 Å². The zero-order valence-electron chi connectivity index (χ0n) is 17.8. The first-order valence-corrected chi connectivity index (χ1v) is 10.5. The zero-order valence-corrected chi connectivity index (χ0v) is 18.6. The maximum atomic E-state index is 11.7. The maximum Gasteiger partial charge on any atom is 0.251 e.